The van der Waals surface area contributed by atoms with Crippen LogP contribution in [0.15, 0.2) is 24.3 Å². The summed E-state index contributed by atoms with van der Waals surface area (Å²) in [7, 11) is 0. The zero-order valence-electron chi connectivity index (χ0n) is 11.3. The van der Waals surface area contributed by atoms with Gasteiger partial charge in [0, 0.05) is 11.7 Å². The van der Waals surface area contributed by atoms with Crippen molar-refractivity contribution in [2.45, 2.75) is 38.6 Å². The molecule has 2 saturated carbocycles. The van der Waals surface area contributed by atoms with Crippen molar-refractivity contribution >= 4 is 11.7 Å². The molecule has 19 heavy (non-hydrogen) atoms. The average Bonchev–Trinajstić information content (AvgIpc) is 3.01. The molecule has 2 N–H and O–H groups in total. The van der Waals surface area contributed by atoms with E-state index in [0.29, 0.717) is 11.6 Å². The number of fused-ring (bicyclic) bond motifs is 2. The van der Waals surface area contributed by atoms with Crippen molar-refractivity contribution in [3.05, 3.63) is 29.8 Å². The van der Waals surface area contributed by atoms with Gasteiger partial charge in [-0.3, -0.25) is 0 Å². The second-order valence-electron chi connectivity index (χ2n) is 6.15. The number of benzene rings is 1. The van der Waals surface area contributed by atoms with Gasteiger partial charge in [-0.1, -0.05) is 6.42 Å². The molecule has 1 aromatic carbocycles. The van der Waals surface area contributed by atoms with Crippen molar-refractivity contribution in [2.24, 2.45) is 17.8 Å². The maximum atomic E-state index is 10.8. The fraction of sp³-hybridized carbons (Fsp3) is 0.562. The molecule has 102 valence electrons. The van der Waals surface area contributed by atoms with E-state index in [4.69, 9.17) is 5.11 Å². The van der Waals surface area contributed by atoms with Crippen LogP contribution in [0, 0.1) is 17.8 Å². The van der Waals surface area contributed by atoms with Crippen LogP contribution in [0.3, 0.4) is 0 Å². The van der Waals surface area contributed by atoms with E-state index in [1.165, 1.54) is 25.7 Å². The largest absolute Gasteiger partial charge is 0.478 e. The highest BCUT2D eigenvalue weighted by molar-refractivity contribution is 5.87. The lowest BCUT2D eigenvalue weighted by atomic mass is 9.84. The van der Waals surface area contributed by atoms with Crippen LogP contribution in [0.1, 0.15) is 43.0 Å². The van der Waals surface area contributed by atoms with Gasteiger partial charge < -0.3 is 10.4 Å². The van der Waals surface area contributed by atoms with E-state index in [1.54, 1.807) is 12.1 Å². The van der Waals surface area contributed by atoms with Crippen molar-refractivity contribution in [3.8, 4) is 0 Å². The summed E-state index contributed by atoms with van der Waals surface area (Å²) in [4.78, 5) is 10.8. The zero-order valence-corrected chi connectivity index (χ0v) is 11.3. The van der Waals surface area contributed by atoms with E-state index in [2.05, 4.69) is 12.2 Å². The summed E-state index contributed by atoms with van der Waals surface area (Å²) in [6.07, 6.45) is 5.63. The van der Waals surface area contributed by atoms with E-state index in [-0.39, 0.29) is 0 Å². The van der Waals surface area contributed by atoms with E-state index < -0.39 is 5.97 Å². The predicted octanol–water partition coefficient (Wildman–Crippen LogP) is 3.62. The normalized spacial score (nSPS) is 30.3. The first-order valence-electron chi connectivity index (χ1n) is 7.23. The Morgan fingerprint density at radius 3 is 2.53 bits per heavy atom. The number of carboxylic acid groups (broad SMARTS) is 1. The highest BCUT2D eigenvalue weighted by Crippen LogP contribution is 2.49. The first-order valence-corrected chi connectivity index (χ1v) is 7.23. The number of hydrogen-bond acceptors (Lipinski definition) is 2. The molecule has 2 aliphatic rings. The summed E-state index contributed by atoms with van der Waals surface area (Å²) >= 11 is 0. The van der Waals surface area contributed by atoms with Gasteiger partial charge in [0.05, 0.1) is 5.56 Å². The molecule has 4 unspecified atom stereocenters. The molecule has 3 rings (SSSR count). The van der Waals surface area contributed by atoms with Crippen LogP contribution in [-0.4, -0.2) is 17.1 Å². The van der Waals surface area contributed by atoms with Gasteiger partial charge >= 0.3 is 5.97 Å². The lowest BCUT2D eigenvalue weighted by Crippen LogP contribution is -2.29. The Kier molecular flexibility index (Phi) is 3.21. The molecule has 3 nitrogen and oxygen atoms in total. The third-order valence-electron chi connectivity index (χ3n) is 4.96. The minimum atomic E-state index is -0.868. The Balaban J connectivity index is 1.63. The standard InChI is InChI=1S/C16H21NO2/c1-10(15-9-11-2-3-13(15)8-11)17-14-6-4-12(5-7-14)16(18)19/h4-7,10-11,13,15,17H,2-3,8-9H2,1H3,(H,18,19). The van der Waals surface area contributed by atoms with Gasteiger partial charge in [0.25, 0.3) is 0 Å². The SMILES string of the molecule is CC(Nc1ccc(C(=O)O)cc1)C1CC2CCC1C2. The summed E-state index contributed by atoms with van der Waals surface area (Å²) in [6.45, 7) is 2.26. The quantitative estimate of drug-likeness (QED) is 0.868. The number of nitrogens with one attached hydrogen (secondary N) is 1. The predicted molar refractivity (Wildman–Crippen MR) is 75.4 cm³/mol. The first-order chi connectivity index (χ1) is 9.13. The monoisotopic (exact) mass is 259 g/mol. The molecule has 2 bridgehead atoms. The minimum absolute atomic E-state index is 0.345. The Labute approximate surface area is 114 Å². The zero-order chi connectivity index (χ0) is 13.4. The van der Waals surface area contributed by atoms with E-state index in [9.17, 15) is 4.79 Å². The molecule has 2 aliphatic carbocycles. The molecule has 0 saturated heterocycles. The van der Waals surface area contributed by atoms with Crippen molar-refractivity contribution in [3.63, 3.8) is 0 Å². The number of aromatic carboxylic acids is 1. The van der Waals surface area contributed by atoms with Gasteiger partial charge in [0.1, 0.15) is 0 Å². The van der Waals surface area contributed by atoms with Crippen molar-refractivity contribution in [1.82, 2.24) is 0 Å². The van der Waals surface area contributed by atoms with Crippen LogP contribution in [0.5, 0.6) is 0 Å². The number of carboxylic acids is 1. The van der Waals surface area contributed by atoms with Crippen molar-refractivity contribution in [1.29, 1.82) is 0 Å². The van der Waals surface area contributed by atoms with Gasteiger partial charge in [-0.2, -0.15) is 0 Å². The van der Waals surface area contributed by atoms with Crippen LogP contribution in [0.2, 0.25) is 0 Å². The Morgan fingerprint density at radius 2 is 2.00 bits per heavy atom. The topological polar surface area (TPSA) is 49.3 Å². The smallest absolute Gasteiger partial charge is 0.335 e. The maximum Gasteiger partial charge on any atom is 0.335 e. The number of anilines is 1. The number of hydrogen-bond donors (Lipinski definition) is 2. The minimum Gasteiger partial charge on any atom is -0.478 e. The Hall–Kier alpha value is -1.51. The molecular formula is C16H21NO2. The average molecular weight is 259 g/mol. The van der Waals surface area contributed by atoms with Crippen LogP contribution >= 0.6 is 0 Å². The molecule has 3 heteroatoms. The highest BCUT2D eigenvalue weighted by Gasteiger charge is 2.41. The fourth-order valence-electron chi connectivity index (χ4n) is 3.99. The molecule has 0 spiro atoms. The van der Waals surface area contributed by atoms with Crippen molar-refractivity contribution < 1.29 is 9.90 Å². The summed E-state index contributed by atoms with van der Waals surface area (Å²) in [5.41, 5.74) is 1.37. The molecule has 0 aromatic heterocycles. The molecule has 1 aromatic rings. The van der Waals surface area contributed by atoms with Gasteiger partial charge in [-0.05, 0) is 68.2 Å². The molecular weight excluding hydrogens is 238 g/mol. The third-order valence-corrected chi connectivity index (χ3v) is 4.96. The van der Waals surface area contributed by atoms with Gasteiger partial charge in [-0.25, -0.2) is 4.79 Å². The van der Waals surface area contributed by atoms with Crippen LogP contribution in [0.25, 0.3) is 0 Å². The number of rotatable bonds is 4. The van der Waals surface area contributed by atoms with Crippen LogP contribution in [0.4, 0.5) is 5.69 Å². The van der Waals surface area contributed by atoms with Gasteiger partial charge in [-0.15, -0.1) is 0 Å². The van der Waals surface area contributed by atoms with E-state index >= 15 is 0 Å². The molecule has 4 atom stereocenters. The maximum absolute atomic E-state index is 10.8. The molecule has 0 heterocycles. The second kappa shape index (κ2) is 4.87. The van der Waals surface area contributed by atoms with Crippen molar-refractivity contribution in [2.75, 3.05) is 5.32 Å². The van der Waals surface area contributed by atoms with Gasteiger partial charge in [0.2, 0.25) is 0 Å². The molecule has 0 radical (unpaired) electrons. The van der Waals surface area contributed by atoms with E-state index in [1.807, 2.05) is 12.1 Å². The summed E-state index contributed by atoms with van der Waals surface area (Å²) in [5.74, 6) is 1.80. The molecule has 0 aliphatic heterocycles. The molecule has 0 amide bonds. The highest BCUT2D eigenvalue weighted by atomic mass is 16.4. The van der Waals surface area contributed by atoms with Gasteiger partial charge in [0.15, 0.2) is 0 Å². The summed E-state index contributed by atoms with van der Waals surface area (Å²) < 4.78 is 0. The van der Waals surface area contributed by atoms with Crippen LogP contribution in [-0.2, 0) is 0 Å². The third kappa shape index (κ3) is 2.46. The summed E-state index contributed by atoms with van der Waals surface area (Å²) in [6, 6.07) is 7.54. The summed E-state index contributed by atoms with van der Waals surface area (Å²) in [5, 5.41) is 12.4. The first kappa shape index (κ1) is 12.5. The lowest BCUT2D eigenvalue weighted by molar-refractivity contribution is 0.0697. The van der Waals surface area contributed by atoms with Crippen LogP contribution < -0.4 is 5.32 Å². The second-order valence-corrected chi connectivity index (χ2v) is 6.15. The molecule has 2 fully saturated rings. The Bertz CT molecular complexity index is 468. The lowest BCUT2D eigenvalue weighted by Gasteiger charge is -2.29. The number of carbonyl (C=O) groups is 1. The Morgan fingerprint density at radius 1 is 1.26 bits per heavy atom. The fourth-order valence-corrected chi connectivity index (χ4v) is 3.99. The van der Waals surface area contributed by atoms with E-state index in [0.717, 1.165) is 23.4 Å².